The van der Waals surface area contributed by atoms with Gasteiger partial charge in [0.15, 0.2) is 0 Å². The van der Waals surface area contributed by atoms with E-state index in [4.69, 9.17) is 11.6 Å². The summed E-state index contributed by atoms with van der Waals surface area (Å²) < 4.78 is 1.96. The molecule has 3 nitrogen and oxygen atoms in total. The predicted molar refractivity (Wildman–Crippen MR) is 74.8 cm³/mol. The molecule has 2 rings (SSSR count). The second-order valence-electron chi connectivity index (χ2n) is 4.40. The van der Waals surface area contributed by atoms with E-state index in [2.05, 4.69) is 17.2 Å². The molecule has 96 valence electrons. The van der Waals surface area contributed by atoms with Crippen LogP contribution in [0.25, 0.3) is 0 Å². The zero-order chi connectivity index (χ0) is 13.0. The molecule has 0 amide bonds. The second kappa shape index (κ2) is 6.03. The molecule has 0 bridgehead atoms. The Hall–Kier alpha value is -1.32. The van der Waals surface area contributed by atoms with E-state index < -0.39 is 0 Å². The minimum absolute atomic E-state index is 0.128. The van der Waals surface area contributed by atoms with Gasteiger partial charge in [0.05, 0.1) is 18.1 Å². The van der Waals surface area contributed by atoms with Crippen LogP contribution in [0.3, 0.4) is 0 Å². The minimum atomic E-state index is 0.128. The molecule has 1 aromatic carbocycles. The third-order valence-corrected chi connectivity index (χ3v) is 3.07. The van der Waals surface area contributed by atoms with Crippen LogP contribution in [0.5, 0.6) is 0 Å². The first-order valence-electron chi connectivity index (χ1n) is 6.17. The number of hydrogen-bond acceptors (Lipinski definition) is 2. The smallest absolute Gasteiger partial charge is 0.0947 e. The van der Waals surface area contributed by atoms with Gasteiger partial charge in [-0.1, -0.05) is 30.7 Å². The lowest BCUT2D eigenvalue weighted by atomic mass is 10.0. The largest absolute Gasteiger partial charge is 0.340 e. The lowest BCUT2D eigenvalue weighted by Gasteiger charge is -2.17. The molecule has 0 spiro atoms. The van der Waals surface area contributed by atoms with Gasteiger partial charge >= 0.3 is 0 Å². The molecule has 4 heteroatoms. The maximum Gasteiger partial charge on any atom is 0.0947 e. The van der Waals surface area contributed by atoms with E-state index in [1.807, 2.05) is 48.4 Å². The lowest BCUT2D eigenvalue weighted by Crippen LogP contribution is -2.23. The molecule has 0 saturated carbocycles. The molecule has 0 fully saturated rings. The van der Waals surface area contributed by atoms with Crippen molar-refractivity contribution in [1.82, 2.24) is 14.9 Å². The molecule has 1 unspecified atom stereocenters. The van der Waals surface area contributed by atoms with Gasteiger partial charge in [-0.05, 0) is 30.7 Å². The monoisotopic (exact) mass is 263 g/mol. The van der Waals surface area contributed by atoms with E-state index >= 15 is 0 Å². The van der Waals surface area contributed by atoms with Gasteiger partial charge in [-0.2, -0.15) is 0 Å². The SMILES string of the molecule is CCCNC(c1ccc(Cl)cc1)c1cn(C)cn1. The highest BCUT2D eigenvalue weighted by atomic mass is 35.5. The Kier molecular flexibility index (Phi) is 4.39. The van der Waals surface area contributed by atoms with Crippen LogP contribution in [0.1, 0.15) is 30.6 Å². The van der Waals surface area contributed by atoms with Crippen molar-refractivity contribution in [1.29, 1.82) is 0 Å². The minimum Gasteiger partial charge on any atom is -0.340 e. The van der Waals surface area contributed by atoms with Crippen molar-refractivity contribution in [3.63, 3.8) is 0 Å². The standard InChI is InChI=1S/C14H18ClN3/c1-3-8-16-14(13-9-18(2)10-17-13)11-4-6-12(15)7-5-11/h4-7,9-10,14,16H,3,8H2,1-2H3. The van der Waals surface area contributed by atoms with Crippen LogP contribution in [0, 0.1) is 0 Å². The van der Waals surface area contributed by atoms with E-state index in [0.717, 1.165) is 23.7 Å². The Balaban J connectivity index is 2.27. The van der Waals surface area contributed by atoms with E-state index in [0.29, 0.717) is 0 Å². The fourth-order valence-electron chi connectivity index (χ4n) is 1.92. The van der Waals surface area contributed by atoms with Gasteiger partial charge in [-0.25, -0.2) is 4.98 Å². The first kappa shape index (κ1) is 13.1. The number of aromatic nitrogens is 2. The van der Waals surface area contributed by atoms with Gasteiger partial charge in [0.1, 0.15) is 0 Å². The highest BCUT2D eigenvalue weighted by Gasteiger charge is 2.15. The molecule has 1 atom stereocenters. The molecule has 1 aromatic heterocycles. The van der Waals surface area contributed by atoms with Crippen LogP contribution in [-0.4, -0.2) is 16.1 Å². The quantitative estimate of drug-likeness (QED) is 0.898. The average molecular weight is 264 g/mol. The number of halogens is 1. The predicted octanol–water partition coefficient (Wildman–Crippen LogP) is 3.16. The summed E-state index contributed by atoms with van der Waals surface area (Å²) in [5, 5.41) is 4.27. The van der Waals surface area contributed by atoms with E-state index in [-0.39, 0.29) is 6.04 Å². The first-order chi connectivity index (χ1) is 8.70. The number of benzene rings is 1. The highest BCUT2D eigenvalue weighted by molar-refractivity contribution is 6.30. The number of hydrogen-bond donors (Lipinski definition) is 1. The molecule has 1 N–H and O–H groups in total. The average Bonchev–Trinajstić information content (AvgIpc) is 2.78. The molecule has 18 heavy (non-hydrogen) atoms. The van der Waals surface area contributed by atoms with Crippen LogP contribution < -0.4 is 5.32 Å². The van der Waals surface area contributed by atoms with Crippen molar-refractivity contribution >= 4 is 11.6 Å². The number of aryl methyl sites for hydroxylation is 1. The van der Waals surface area contributed by atoms with Crippen molar-refractivity contribution in [2.45, 2.75) is 19.4 Å². The Labute approximate surface area is 113 Å². The fourth-order valence-corrected chi connectivity index (χ4v) is 2.05. The van der Waals surface area contributed by atoms with Crippen LogP contribution in [-0.2, 0) is 7.05 Å². The summed E-state index contributed by atoms with van der Waals surface area (Å²) in [7, 11) is 1.98. The van der Waals surface area contributed by atoms with Crippen molar-refractivity contribution in [3.8, 4) is 0 Å². The summed E-state index contributed by atoms with van der Waals surface area (Å²) in [6.45, 7) is 3.12. The topological polar surface area (TPSA) is 29.9 Å². The van der Waals surface area contributed by atoms with Crippen LogP contribution in [0.4, 0.5) is 0 Å². The maximum absolute atomic E-state index is 5.93. The summed E-state index contributed by atoms with van der Waals surface area (Å²) in [5.74, 6) is 0. The molecule has 0 aliphatic rings. The van der Waals surface area contributed by atoms with E-state index in [9.17, 15) is 0 Å². The molecule has 0 aliphatic carbocycles. The van der Waals surface area contributed by atoms with Crippen LogP contribution in [0.15, 0.2) is 36.8 Å². The molecule has 0 saturated heterocycles. The van der Waals surface area contributed by atoms with E-state index in [1.165, 1.54) is 5.56 Å². The Morgan fingerprint density at radius 2 is 2.06 bits per heavy atom. The molecular formula is C14H18ClN3. The lowest BCUT2D eigenvalue weighted by molar-refractivity contribution is 0.588. The van der Waals surface area contributed by atoms with Gasteiger partial charge in [0, 0.05) is 18.3 Å². The molecule has 0 radical (unpaired) electrons. The van der Waals surface area contributed by atoms with Crippen molar-refractivity contribution < 1.29 is 0 Å². The van der Waals surface area contributed by atoms with Gasteiger partial charge < -0.3 is 9.88 Å². The van der Waals surface area contributed by atoms with Crippen LogP contribution in [0.2, 0.25) is 5.02 Å². The Morgan fingerprint density at radius 3 is 2.61 bits per heavy atom. The first-order valence-corrected chi connectivity index (χ1v) is 6.55. The zero-order valence-electron chi connectivity index (χ0n) is 10.7. The number of nitrogens with one attached hydrogen (secondary N) is 1. The van der Waals surface area contributed by atoms with Gasteiger partial charge in [-0.3, -0.25) is 0 Å². The molecule has 0 aliphatic heterocycles. The normalized spacial score (nSPS) is 12.6. The van der Waals surface area contributed by atoms with Crippen molar-refractivity contribution in [3.05, 3.63) is 53.1 Å². The summed E-state index contributed by atoms with van der Waals surface area (Å²) in [6, 6.07) is 8.05. The fraction of sp³-hybridized carbons (Fsp3) is 0.357. The van der Waals surface area contributed by atoms with Gasteiger partial charge in [0.2, 0.25) is 0 Å². The molecule has 2 aromatic rings. The number of imidazole rings is 1. The van der Waals surface area contributed by atoms with Gasteiger partial charge in [-0.15, -0.1) is 0 Å². The Morgan fingerprint density at radius 1 is 1.33 bits per heavy atom. The summed E-state index contributed by atoms with van der Waals surface area (Å²) in [5.41, 5.74) is 2.22. The molecule has 1 heterocycles. The second-order valence-corrected chi connectivity index (χ2v) is 4.84. The number of rotatable bonds is 5. The zero-order valence-corrected chi connectivity index (χ0v) is 11.5. The van der Waals surface area contributed by atoms with Crippen molar-refractivity contribution in [2.24, 2.45) is 7.05 Å². The van der Waals surface area contributed by atoms with Gasteiger partial charge in [0.25, 0.3) is 0 Å². The summed E-state index contributed by atoms with van der Waals surface area (Å²) in [4.78, 5) is 4.44. The van der Waals surface area contributed by atoms with Crippen molar-refractivity contribution in [2.75, 3.05) is 6.54 Å². The third kappa shape index (κ3) is 3.12. The summed E-state index contributed by atoms with van der Waals surface area (Å²) in [6.07, 6.45) is 4.96. The Bertz CT molecular complexity index is 490. The van der Waals surface area contributed by atoms with Crippen LogP contribution >= 0.6 is 11.6 Å². The number of nitrogens with zero attached hydrogens (tertiary/aromatic N) is 2. The summed E-state index contributed by atoms with van der Waals surface area (Å²) >= 11 is 5.93. The third-order valence-electron chi connectivity index (χ3n) is 2.82. The highest BCUT2D eigenvalue weighted by Crippen LogP contribution is 2.22. The maximum atomic E-state index is 5.93. The van der Waals surface area contributed by atoms with E-state index in [1.54, 1.807) is 0 Å². The molecular weight excluding hydrogens is 246 g/mol.